The van der Waals surface area contributed by atoms with Crippen LogP contribution in [0.15, 0.2) is 36.8 Å². The molecule has 9 heteroatoms. The fraction of sp³-hybridized carbons (Fsp3) is 0.235. The lowest BCUT2D eigenvalue weighted by Gasteiger charge is -2.11. The second-order valence-electron chi connectivity index (χ2n) is 5.74. The summed E-state index contributed by atoms with van der Waals surface area (Å²) in [4.78, 5) is 20.4. The Morgan fingerprint density at radius 2 is 2.04 bits per heavy atom. The first kappa shape index (κ1) is 17.7. The first-order valence-electron chi connectivity index (χ1n) is 8.17. The van der Waals surface area contributed by atoms with Gasteiger partial charge in [-0.25, -0.2) is 4.98 Å². The number of pyridine rings is 2. The summed E-state index contributed by atoms with van der Waals surface area (Å²) in [5, 5.41) is 7.38. The van der Waals surface area contributed by atoms with Crippen molar-refractivity contribution in [2.45, 2.75) is 19.8 Å². The summed E-state index contributed by atoms with van der Waals surface area (Å²) in [5.41, 5.74) is 8.60. The minimum atomic E-state index is -0.117. The van der Waals surface area contributed by atoms with E-state index < -0.39 is 0 Å². The zero-order chi connectivity index (χ0) is 18.5. The summed E-state index contributed by atoms with van der Waals surface area (Å²) >= 11 is 5.16. The number of aromatic nitrogens is 4. The zero-order valence-electron chi connectivity index (χ0n) is 14.5. The van der Waals surface area contributed by atoms with Gasteiger partial charge < -0.3 is 5.32 Å². The molecule has 0 aromatic carbocycles. The van der Waals surface area contributed by atoms with Gasteiger partial charge in [-0.1, -0.05) is 6.92 Å². The highest BCUT2D eigenvalue weighted by atomic mass is 32.1. The van der Waals surface area contributed by atoms with Gasteiger partial charge in [-0.15, -0.1) is 0 Å². The maximum Gasteiger partial charge on any atom is 0.238 e. The molecule has 0 spiro atoms. The molecule has 3 aromatic heterocycles. The molecule has 3 rings (SSSR count). The number of amides is 1. The van der Waals surface area contributed by atoms with Crippen molar-refractivity contribution >= 4 is 40.1 Å². The van der Waals surface area contributed by atoms with Crippen LogP contribution in [0.3, 0.4) is 0 Å². The number of aryl methyl sites for hydroxylation is 1. The topological polar surface area (TPSA) is 96.8 Å². The van der Waals surface area contributed by atoms with E-state index in [0.717, 1.165) is 28.6 Å². The van der Waals surface area contributed by atoms with Crippen LogP contribution in [0.4, 0.5) is 5.82 Å². The Kier molecular flexibility index (Phi) is 5.37. The van der Waals surface area contributed by atoms with E-state index >= 15 is 0 Å². The largest absolute Gasteiger partial charge is 0.316 e. The first-order chi connectivity index (χ1) is 12.5. The summed E-state index contributed by atoms with van der Waals surface area (Å²) in [7, 11) is 1.87. The number of carbonyl (C=O) groups excluding carboxylic acids is 1. The van der Waals surface area contributed by atoms with E-state index in [9.17, 15) is 4.79 Å². The maximum atomic E-state index is 11.5. The number of hydrogen-bond donors (Lipinski definition) is 3. The molecule has 8 nitrogen and oxygen atoms in total. The average Bonchev–Trinajstić information content (AvgIpc) is 3.06. The van der Waals surface area contributed by atoms with Gasteiger partial charge >= 0.3 is 0 Å². The molecule has 0 saturated heterocycles. The zero-order valence-corrected chi connectivity index (χ0v) is 15.3. The third kappa shape index (κ3) is 4.31. The lowest BCUT2D eigenvalue weighted by atomic mass is 10.1. The van der Waals surface area contributed by atoms with Crippen molar-refractivity contribution in [2.24, 2.45) is 7.05 Å². The van der Waals surface area contributed by atoms with E-state index in [1.54, 1.807) is 23.1 Å². The van der Waals surface area contributed by atoms with Crippen molar-refractivity contribution < 1.29 is 4.79 Å². The molecule has 0 aliphatic carbocycles. The fourth-order valence-corrected chi connectivity index (χ4v) is 2.52. The van der Waals surface area contributed by atoms with Crippen LogP contribution in [-0.2, 0) is 11.8 Å². The SMILES string of the molecule is CCCC(=O)NNC(=S)Nc1ccc2ncc(-c3cnn(C)c3)cc2n1. The molecule has 0 unspecified atom stereocenters. The van der Waals surface area contributed by atoms with Gasteiger partial charge in [0.2, 0.25) is 5.91 Å². The number of fused-ring (bicyclic) bond motifs is 1. The molecule has 0 radical (unpaired) electrons. The maximum absolute atomic E-state index is 11.5. The predicted molar refractivity (Wildman–Crippen MR) is 104 cm³/mol. The number of hydrazine groups is 1. The highest BCUT2D eigenvalue weighted by Crippen LogP contribution is 2.22. The molecular formula is C17H19N7OS. The Labute approximate surface area is 156 Å². The minimum Gasteiger partial charge on any atom is -0.316 e. The number of thiocarbonyl (C=S) groups is 1. The number of nitrogens with one attached hydrogen (secondary N) is 3. The summed E-state index contributed by atoms with van der Waals surface area (Å²) in [6, 6.07) is 5.58. The molecule has 0 aliphatic rings. The van der Waals surface area contributed by atoms with Crippen molar-refractivity contribution in [3.63, 3.8) is 0 Å². The molecule has 0 fully saturated rings. The van der Waals surface area contributed by atoms with Gasteiger partial charge in [0.25, 0.3) is 0 Å². The van der Waals surface area contributed by atoms with E-state index in [0.29, 0.717) is 12.2 Å². The molecular weight excluding hydrogens is 350 g/mol. The average molecular weight is 369 g/mol. The van der Waals surface area contributed by atoms with Crippen molar-refractivity contribution in [3.05, 3.63) is 36.8 Å². The summed E-state index contributed by atoms with van der Waals surface area (Å²) < 4.78 is 1.74. The van der Waals surface area contributed by atoms with E-state index in [2.05, 4.69) is 31.2 Å². The van der Waals surface area contributed by atoms with E-state index in [1.807, 2.05) is 32.3 Å². The van der Waals surface area contributed by atoms with Crippen molar-refractivity contribution in [3.8, 4) is 11.1 Å². The van der Waals surface area contributed by atoms with Gasteiger partial charge in [0.15, 0.2) is 5.11 Å². The number of anilines is 1. The quantitative estimate of drug-likeness (QED) is 0.479. The number of hydrogen-bond acceptors (Lipinski definition) is 5. The Bertz CT molecular complexity index is 953. The molecule has 3 N–H and O–H groups in total. The molecule has 0 saturated carbocycles. The van der Waals surface area contributed by atoms with Gasteiger partial charge in [0.05, 0.1) is 17.2 Å². The van der Waals surface area contributed by atoms with Crippen molar-refractivity contribution in [2.75, 3.05) is 5.32 Å². The Balaban J connectivity index is 1.73. The van der Waals surface area contributed by atoms with Crippen LogP contribution in [0, 0.1) is 0 Å². The molecule has 0 atom stereocenters. The third-order valence-corrected chi connectivity index (χ3v) is 3.81. The summed E-state index contributed by atoms with van der Waals surface area (Å²) in [5.74, 6) is 0.443. The highest BCUT2D eigenvalue weighted by molar-refractivity contribution is 7.80. The monoisotopic (exact) mass is 369 g/mol. The Morgan fingerprint density at radius 3 is 2.77 bits per heavy atom. The Hall–Kier alpha value is -3.07. The molecule has 134 valence electrons. The third-order valence-electron chi connectivity index (χ3n) is 3.61. The Morgan fingerprint density at radius 1 is 1.19 bits per heavy atom. The normalized spacial score (nSPS) is 10.5. The molecule has 1 amide bonds. The van der Waals surface area contributed by atoms with Gasteiger partial charge in [-0.3, -0.25) is 25.3 Å². The molecule has 0 aliphatic heterocycles. The van der Waals surface area contributed by atoms with Gasteiger partial charge in [0.1, 0.15) is 5.82 Å². The van der Waals surface area contributed by atoms with E-state index in [4.69, 9.17) is 12.2 Å². The molecule has 3 aromatic rings. The summed E-state index contributed by atoms with van der Waals surface area (Å²) in [6.07, 6.45) is 6.70. The van der Waals surface area contributed by atoms with Crippen molar-refractivity contribution in [1.29, 1.82) is 0 Å². The van der Waals surface area contributed by atoms with Crippen LogP contribution < -0.4 is 16.2 Å². The van der Waals surface area contributed by atoms with Crippen molar-refractivity contribution in [1.82, 2.24) is 30.6 Å². The van der Waals surface area contributed by atoms with Crippen LogP contribution >= 0.6 is 12.2 Å². The second-order valence-corrected chi connectivity index (χ2v) is 6.15. The van der Waals surface area contributed by atoms with Gasteiger partial charge in [-0.05, 0) is 36.8 Å². The highest BCUT2D eigenvalue weighted by Gasteiger charge is 2.06. The lowest BCUT2D eigenvalue weighted by Crippen LogP contribution is -2.43. The van der Waals surface area contributed by atoms with E-state index in [1.165, 1.54) is 0 Å². The van der Waals surface area contributed by atoms with Gasteiger partial charge in [-0.2, -0.15) is 5.10 Å². The van der Waals surface area contributed by atoms with Crippen LogP contribution in [0.25, 0.3) is 22.2 Å². The van der Waals surface area contributed by atoms with Crippen LogP contribution in [0.1, 0.15) is 19.8 Å². The lowest BCUT2D eigenvalue weighted by molar-refractivity contribution is -0.121. The fourth-order valence-electron chi connectivity index (χ4n) is 2.37. The van der Waals surface area contributed by atoms with Gasteiger partial charge in [0, 0.05) is 37.0 Å². The summed E-state index contributed by atoms with van der Waals surface area (Å²) in [6.45, 7) is 1.93. The number of carbonyl (C=O) groups is 1. The van der Waals surface area contributed by atoms with Crippen LogP contribution in [0.2, 0.25) is 0 Å². The second kappa shape index (κ2) is 7.87. The molecule has 26 heavy (non-hydrogen) atoms. The minimum absolute atomic E-state index is 0.117. The number of rotatable bonds is 4. The molecule has 0 bridgehead atoms. The standard InChI is InChI=1S/C17H19N7OS/c1-3-4-16(25)22-23-17(26)21-15-6-5-13-14(20-15)7-11(8-18-13)12-9-19-24(2)10-12/h5-10H,3-4H2,1-2H3,(H,22,25)(H2,20,21,23,26). The predicted octanol–water partition coefficient (Wildman–Crippen LogP) is 2.15. The van der Waals surface area contributed by atoms with E-state index in [-0.39, 0.29) is 11.0 Å². The smallest absolute Gasteiger partial charge is 0.238 e. The number of nitrogens with zero attached hydrogens (tertiary/aromatic N) is 4. The first-order valence-corrected chi connectivity index (χ1v) is 8.57. The van der Waals surface area contributed by atoms with Crippen LogP contribution in [-0.4, -0.2) is 30.8 Å². The molecule has 3 heterocycles. The van der Waals surface area contributed by atoms with Crippen LogP contribution in [0.5, 0.6) is 0 Å².